The van der Waals surface area contributed by atoms with Crippen LogP contribution in [0.1, 0.15) is 39.0 Å². The van der Waals surface area contributed by atoms with E-state index in [1.165, 1.54) is 0 Å². The van der Waals surface area contributed by atoms with Crippen LogP contribution < -0.4 is 5.11 Å². The Morgan fingerprint density at radius 2 is 1.92 bits per heavy atom. The van der Waals surface area contributed by atoms with E-state index in [0.717, 1.165) is 19.3 Å². The number of hydrogen-bond donors (Lipinski definition) is 0. The van der Waals surface area contributed by atoms with Crippen LogP contribution in [0.25, 0.3) is 0 Å². The van der Waals surface area contributed by atoms with Gasteiger partial charge in [0.1, 0.15) is 12.7 Å². The molecule has 1 saturated heterocycles. The molecule has 5 rings (SSSR count). The third-order valence-corrected chi connectivity index (χ3v) is 6.84. The molecule has 5 fully saturated rings. The smallest absolute Gasteiger partial charge is 0.333 e. The lowest BCUT2D eigenvalue weighted by atomic mass is 9.44. The topological polar surface area (TPSA) is 84.9 Å². The second-order valence-corrected chi connectivity index (χ2v) is 8.49. The van der Waals surface area contributed by atoms with Gasteiger partial charge >= 0.3 is 5.97 Å². The van der Waals surface area contributed by atoms with Crippen molar-refractivity contribution in [3.63, 3.8) is 0 Å². The maximum absolute atomic E-state index is 11.7. The number of carboxylic acid groups (broad SMARTS) is 1. The van der Waals surface area contributed by atoms with E-state index in [2.05, 4.69) is 6.58 Å². The molecule has 4 aliphatic carbocycles. The highest BCUT2D eigenvalue weighted by Crippen LogP contribution is 2.64. The van der Waals surface area contributed by atoms with Gasteiger partial charge in [0, 0.05) is 17.0 Å². The van der Waals surface area contributed by atoms with Crippen molar-refractivity contribution >= 4 is 11.9 Å². The second-order valence-electron chi connectivity index (χ2n) is 8.49. The first-order valence-corrected chi connectivity index (χ1v) is 9.14. The summed E-state index contributed by atoms with van der Waals surface area (Å²) >= 11 is 0. The van der Waals surface area contributed by atoms with Gasteiger partial charge in [-0.25, -0.2) is 4.79 Å². The number of carbonyl (C=O) groups excluding carboxylic acids is 2. The predicted octanol–water partition coefficient (Wildman–Crippen LogP) is 0.836. The summed E-state index contributed by atoms with van der Waals surface area (Å²) in [6, 6.07) is 0. The fourth-order valence-corrected chi connectivity index (χ4v) is 5.75. The molecule has 1 aliphatic heterocycles. The summed E-state index contributed by atoms with van der Waals surface area (Å²) in [4.78, 5) is 23.2. The number of esters is 1. The molecule has 6 heteroatoms. The molecule has 25 heavy (non-hydrogen) atoms. The molecule has 4 saturated carbocycles. The molecule has 0 aromatic carbocycles. The van der Waals surface area contributed by atoms with Gasteiger partial charge in [0.2, 0.25) is 0 Å². The Labute approximate surface area is 147 Å². The van der Waals surface area contributed by atoms with E-state index < -0.39 is 17.4 Å². The van der Waals surface area contributed by atoms with Crippen LogP contribution in [0.3, 0.4) is 0 Å². The molecule has 1 spiro atoms. The third kappa shape index (κ3) is 2.61. The normalized spacial score (nSPS) is 44.7. The average molecular weight is 349 g/mol. The average Bonchev–Trinajstić information content (AvgIpc) is 2.57. The number of carbonyl (C=O) groups is 2. The highest BCUT2D eigenvalue weighted by atomic mass is 16.6. The molecule has 0 amide bonds. The fraction of sp³-hybridized carbons (Fsp3) is 0.789. The monoisotopic (exact) mass is 349 g/mol. The molecule has 138 valence electrons. The zero-order valence-electron chi connectivity index (χ0n) is 14.6. The van der Waals surface area contributed by atoms with Gasteiger partial charge in [-0.1, -0.05) is 6.58 Å². The van der Waals surface area contributed by atoms with Crippen molar-refractivity contribution in [3.8, 4) is 0 Å². The molecule has 0 aromatic rings. The molecule has 6 nitrogen and oxygen atoms in total. The molecule has 0 radical (unpaired) electrons. The van der Waals surface area contributed by atoms with Crippen LogP contribution in [0.4, 0.5) is 0 Å². The Morgan fingerprint density at radius 1 is 1.24 bits per heavy atom. The van der Waals surface area contributed by atoms with Crippen molar-refractivity contribution < 1.29 is 28.9 Å². The fourth-order valence-electron chi connectivity index (χ4n) is 5.75. The molecule has 5 aliphatic rings. The number of ether oxygens (including phenoxy) is 3. The third-order valence-electron chi connectivity index (χ3n) is 6.84. The van der Waals surface area contributed by atoms with E-state index in [-0.39, 0.29) is 30.1 Å². The van der Waals surface area contributed by atoms with E-state index in [9.17, 15) is 14.7 Å². The van der Waals surface area contributed by atoms with Gasteiger partial charge in [-0.3, -0.25) is 0 Å². The van der Waals surface area contributed by atoms with Crippen molar-refractivity contribution in [2.75, 3.05) is 19.8 Å². The molecule has 0 aromatic heterocycles. The molecule has 0 N–H and O–H groups in total. The highest BCUT2D eigenvalue weighted by molar-refractivity contribution is 5.86. The molecular formula is C19H25O6-. The van der Waals surface area contributed by atoms with Crippen LogP contribution in [0.2, 0.25) is 0 Å². The van der Waals surface area contributed by atoms with Gasteiger partial charge in [-0.05, 0) is 56.8 Å². The summed E-state index contributed by atoms with van der Waals surface area (Å²) in [5, 5.41) is 11.7. The van der Waals surface area contributed by atoms with Crippen LogP contribution >= 0.6 is 0 Å². The summed E-state index contributed by atoms with van der Waals surface area (Å²) in [7, 11) is 0. The van der Waals surface area contributed by atoms with Crippen LogP contribution in [0, 0.1) is 23.2 Å². The lowest BCUT2D eigenvalue weighted by Crippen LogP contribution is -2.68. The van der Waals surface area contributed by atoms with Gasteiger partial charge in [-0.15, -0.1) is 0 Å². The maximum Gasteiger partial charge on any atom is 0.333 e. The van der Waals surface area contributed by atoms with Crippen molar-refractivity contribution in [3.05, 3.63) is 12.2 Å². The van der Waals surface area contributed by atoms with Gasteiger partial charge in [0.25, 0.3) is 0 Å². The zero-order chi connectivity index (χ0) is 17.8. The summed E-state index contributed by atoms with van der Waals surface area (Å²) in [5.41, 5.74) is -0.661. The van der Waals surface area contributed by atoms with E-state index in [1.807, 2.05) is 0 Å². The highest BCUT2D eigenvalue weighted by Gasteiger charge is 2.64. The lowest BCUT2D eigenvalue weighted by molar-refractivity contribution is -0.341. The Bertz CT molecular complexity index is 585. The maximum atomic E-state index is 11.7. The van der Waals surface area contributed by atoms with Gasteiger partial charge in [-0.2, -0.15) is 0 Å². The molecule has 1 heterocycles. The summed E-state index contributed by atoms with van der Waals surface area (Å²) in [6.45, 7) is 6.15. The molecule has 3 unspecified atom stereocenters. The number of carboxylic acids is 1. The molecule has 4 bridgehead atoms. The van der Waals surface area contributed by atoms with Gasteiger partial charge in [0.05, 0.1) is 18.8 Å². The summed E-state index contributed by atoms with van der Waals surface area (Å²) in [5.74, 6) is -0.400. The zero-order valence-corrected chi connectivity index (χ0v) is 14.6. The summed E-state index contributed by atoms with van der Waals surface area (Å²) < 4.78 is 17.5. The van der Waals surface area contributed by atoms with Crippen molar-refractivity contribution in [2.45, 2.75) is 50.7 Å². The van der Waals surface area contributed by atoms with E-state index in [1.54, 1.807) is 6.92 Å². The minimum absolute atomic E-state index is 0.155. The SMILES string of the molecule is C=C(C)C(=O)OCC1COC2(CO1)C1CC3CC2CC(C(=O)[O-])(C3)C1. The minimum atomic E-state index is -0.886. The van der Waals surface area contributed by atoms with Crippen molar-refractivity contribution in [1.82, 2.24) is 0 Å². The van der Waals surface area contributed by atoms with E-state index in [0.29, 0.717) is 37.5 Å². The van der Waals surface area contributed by atoms with Crippen LogP contribution in [-0.4, -0.2) is 43.5 Å². The van der Waals surface area contributed by atoms with Crippen LogP contribution in [0.15, 0.2) is 12.2 Å². The largest absolute Gasteiger partial charge is 0.550 e. The first-order chi connectivity index (χ1) is 11.8. The second kappa shape index (κ2) is 5.81. The number of hydrogen-bond acceptors (Lipinski definition) is 6. The molecular weight excluding hydrogens is 324 g/mol. The minimum Gasteiger partial charge on any atom is -0.550 e. The number of aliphatic carboxylic acids is 1. The van der Waals surface area contributed by atoms with Crippen molar-refractivity contribution in [1.29, 1.82) is 0 Å². The Morgan fingerprint density at radius 3 is 2.44 bits per heavy atom. The van der Waals surface area contributed by atoms with Gasteiger partial charge in [0.15, 0.2) is 0 Å². The van der Waals surface area contributed by atoms with Crippen LogP contribution in [0.5, 0.6) is 0 Å². The Balaban J connectivity index is 1.41. The quantitative estimate of drug-likeness (QED) is 0.552. The first kappa shape index (κ1) is 17.0. The standard InChI is InChI=1S/C19H26O6/c1-11(2)16(20)23-8-15-9-25-19(10-24-15)13-3-12-4-14(19)7-18(5-12,6-13)17(21)22/h12-15H,1,3-10H2,2H3,(H,21,22)/p-1. The first-order valence-electron chi connectivity index (χ1n) is 9.14. The number of rotatable bonds is 4. The predicted molar refractivity (Wildman–Crippen MR) is 85.2 cm³/mol. The summed E-state index contributed by atoms with van der Waals surface area (Å²) in [6.07, 6.45) is 3.80. The van der Waals surface area contributed by atoms with Crippen LogP contribution in [-0.2, 0) is 23.8 Å². The Kier molecular flexibility index (Phi) is 3.96. The lowest BCUT2D eigenvalue weighted by Gasteiger charge is -2.66. The van der Waals surface area contributed by atoms with E-state index >= 15 is 0 Å². The van der Waals surface area contributed by atoms with Gasteiger partial charge < -0.3 is 24.1 Å². The Hall–Kier alpha value is -1.40. The van der Waals surface area contributed by atoms with E-state index in [4.69, 9.17) is 14.2 Å². The van der Waals surface area contributed by atoms with Crippen molar-refractivity contribution in [2.24, 2.45) is 23.2 Å². The molecule has 3 atom stereocenters.